The molecule has 2 aliphatic carbocycles. The van der Waals surface area contributed by atoms with Crippen LogP contribution in [0.4, 0.5) is 0 Å². The molecule has 0 unspecified atom stereocenters. The first kappa shape index (κ1) is 13.1. The second-order valence-corrected chi connectivity index (χ2v) is 8.29. The number of hydrogen-bond donors (Lipinski definition) is 0. The fourth-order valence-corrected chi connectivity index (χ4v) is 6.04. The Bertz CT molecular complexity index is 732. The van der Waals surface area contributed by atoms with E-state index in [0.29, 0.717) is 10.8 Å². The largest absolute Gasteiger partial charge is 0.0619 e. The first-order valence-corrected chi connectivity index (χ1v) is 8.02. The van der Waals surface area contributed by atoms with Crippen molar-refractivity contribution in [2.75, 3.05) is 0 Å². The number of benzene rings is 2. The van der Waals surface area contributed by atoms with Crippen LogP contribution in [0.3, 0.4) is 0 Å². The van der Waals surface area contributed by atoms with E-state index in [1.165, 1.54) is 23.1 Å². The minimum absolute atomic E-state index is 0.166. The lowest BCUT2D eigenvalue weighted by Gasteiger charge is -2.67. The van der Waals surface area contributed by atoms with Crippen LogP contribution in [0.1, 0.15) is 50.8 Å². The van der Waals surface area contributed by atoms with Crippen LogP contribution < -0.4 is 0 Å². The first-order chi connectivity index (χ1) is 9.81. The van der Waals surface area contributed by atoms with E-state index in [1.54, 1.807) is 11.1 Å². The SMILES string of the molecule is Cc1ccc2c(c1)-c1ccccc1C21C(C)(C)CC1(C)C. The molecular formula is C21H24. The van der Waals surface area contributed by atoms with Gasteiger partial charge in [-0.2, -0.15) is 0 Å². The van der Waals surface area contributed by atoms with Crippen molar-refractivity contribution in [2.45, 2.75) is 46.5 Å². The molecule has 21 heavy (non-hydrogen) atoms. The number of aryl methyl sites for hydroxylation is 1. The molecule has 108 valence electrons. The molecule has 1 spiro atoms. The van der Waals surface area contributed by atoms with Crippen LogP contribution in [0.5, 0.6) is 0 Å². The molecule has 1 saturated carbocycles. The molecule has 0 radical (unpaired) electrons. The summed E-state index contributed by atoms with van der Waals surface area (Å²) < 4.78 is 0. The van der Waals surface area contributed by atoms with Crippen molar-refractivity contribution in [3.05, 3.63) is 59.2 Å². The van der Waals surface area contributed by atoms with E-state index in [-0.39, 0.29) is 5.41 Å². The van der Waals surface area contributed by atoms with Crippen LogP contribution in [0.15, 0.2) is 42.5 Å². The van der Waals surface area contributed by atoms with Crippen molar-refractivity contribution in [1.82, 2.24) is 0 Å². The van der Waals surface area contributed by atoms with Crippen molar-refractivity contribution < 1.29 is 0 Å². The van der Waals surface area contributed by atoms with Gasteiger partial charge >= 0.3 is 0 Å². The molecule has 0 saturated heterocycles. The van der Waals surface area contributed by atoms with Crippen molar-refractivity contribution in [3.8, 4) is 11.1 Å². The minimum Gasteiger partial charge on any atom is -0.0619 e. The summed E-state index contributed by atoms with van der Waals surface area (Å²) >= 11 is 0. The third kappa shape index (κ3) is 1.28. The van der Waals surface area contributed by atoms with Gasteiger partial charge in [0.2, 0.25) is 0 Å². The van der Waals surface area contributed by atoms with Crippen LogP contribution in [0.25, 0.3) is 11.1 Å². The Balaban J connectivity index is 2.15. The van der Waals surface area contributed by atoms with Crippen LogP contribution in [0.2, 0.25) is 0 Å². The maximum atomic E-state index is 2.45. The highest BCUT2D eigenvalue weighted by molar-refractivity contribution is 5.83. The van der Waals surface area contributed by atoms with Gasteiger partial charge in [-0.1, -0.05) is 75.7 Å². The molecule has 0 nitrogen and oxygen atoms in total. The van der Waals surface area contributed by atoms with Gasteiger partial charge in [-0.25, -0.2) is 0 Å². The van der Waals surface area contributed by atoms with Crippen molar-refractivity contribution in [2.24, 2.45) is 10.8 Å². The Kier molecular flexibility index (Phi) is 2.25. The third-order valence-electron chi connectivity index (χ3n) is 6.11. The van der Waals surface area contributed by atoms with Gasteiger partial charge < -0.3 is 0 Å². The lowest BCUT2D eigenvalue weighted by atomic mass is 9.36. The highest BCUT2D eigenvalue weighted by Gasteiger charge is 2.69. The van der Waals surface area contributed by atoms with Crippen LogP contribution in [0, 0.1) is 17.8 Å². The summed E-state index contributed by atoms with van der Waals surface area (Å²) in [4.78, 5) is 0. The summed E-state index contributed by atoms with van der Waals surface area (Å²) in [5.41, 5.74) is 8.17. The van der Waals surface area contributed by atoms with Crippen molar-refractivity contribution in [1.29, 1.82) is 0 Å². The summed E-state index contributed by atoms with van der Waals surface area (Å²) in [5.74, 6) is 0. The molecule has 0 heteroatoms. The van der Waals surface area contributed by atoms with Gasteiger partial charge in [0.25, 0.3) is 0 Å². The van der Waals surface area contributed by atoms with E-state index in [1.807, 2.05) is 0 Å². The fourth-order valence-electron chi connectivity index (χ4n) is 6.04. The Hall–Kier alpha value is -1.56. The predicted octanol–water partition coefficient (Wildman–Crippen LogP) is 5.72. The van der Waals surface area contributed by atoms with Crippen molar-refractivity contribution in [3.63, 3.8) is 0 Å². The second-order valence-electron chi connectivity index (χ2n) is 8.29. The molecule has 0 heterocycles. The minimum atomic E-state index is 0.166. The molecule has 0 N–H and O–H groups in total. The molecule has 0 amide bonds. The van der Waals surface area contributed by atoms with Crippen LogP contribution in [-0.4, -0.2) is 0 Å². The van der Waals surface area contributed by atoms with Crippen molar-refractivity contribution >= 4 is 0 Å². The number of rotatable bonds is 0. The maximum absolute atomic E-state index is 2.45. The van der Waals surface area contributed by atoms with Gasteiger partial charge in [-0.15, -0.1) is 0 Å². The summed E-state index contributed by atoms with van der Waals surface area (Å²) in [7, 11) is 0. The first-order valence-electron chi connectivity index (χ1n) is 8.02. The molecule has 0 aromatic heterocycles. The Morgan fingerprint density at radius 3 is 2.05 bits per heavy atom. The molecule has 2 aromatic rings. The summed E-state index contributed by atoms with van der Waals surface area (Å²) in [6.45, 7) is 12.0. The van der Waals surface area contributed by atoms with E-state index >= 15 is 0 Å². The smallest absolute Gasteiger partial charge is 0.0317 e. The van der Waals surface area contributed by atoms with Gasteiger partial charge in [0.1, 0.15) is 0 Å². The summed E-state index contributed by atoms with van der Waals surface area (Å²) in [6, 6.07) is 16.1. The lowest BCUT2D eigenvalue weighted by Crippen LogP contribution is -2.63. The van der Waals surface area contributed by atoms with Crippen LogP contribution >= 0.6 is 0 Å². The van der Waals surface area contributed by atoms with Gasteiger partial charge in [-0.3, -0.25) is 0 Å². The topological polar surface area (TPSA) is 0 Å². The van der Waals surface area contributed by atoms with E-state index < -0.39 is 0 Å². The number of hydrogen-bond acceptors (Lipinski definition) is 0. The normalized spacial score (nSPS) is 22.5. The molecule has 1 fully saturated rings. The lowest BCUT2D eigenvalue weighted by molar-refractivity contribution is -0.0858. The standard InChI is InChI=1S/C21H24/c1-14-10-11-18-16(12-14)15-8-6-7-9-17(15)21(18)19(2,3)13-20(21,4)5/h6-12H,13H2,1-5H3. The Morgan fingerprint density at radius 1 is 0.762 bits per heavy atom. The quantitative estimate of drug-likeness (QED) is 0.577. The monoisotopic (exact) mass is 276 g/mol. The summed E-state index contributed by atoms with van der Waals surface area (Å²) in [6.07, 6.45) is 1.28. The maximum Gasteiger partial charge on any atom is 0.0317 e. The van der Waals surface area contributed by atoms with E-state index in [2.05, 4.69) is 77.1 Å². The van der Waals surface area contributed by atoms with Gasteiger partial charge in [-0.05, 0) is 46.4 Å². The zero-order chi connectivity index (χ0) is 15.0. The zero-order valence-electron chi connectivity index (χ0n) is 13.7. The molecule has 0 aliphatic heterocycles. The van der Waals surface area contributed by atoms with E-state index in [4.69, 9.17) is 0 Å². The van der Waals surface area contributed by atoms with Crippen LogP contribution in [-0.2, 0) is 5.41 Å². The predicted molar refractivity (Wildman–Crippen MR) is 89.6 cm³/mol. The summed E-state index contributed by atoms with van der Waals surface area (Å²) in [5, 5.41) is 0. The van der Waals surface area contributed by atoms with E-state index in [0.717, 1.165) is 0 Å². The van der Waals surface area contributed by atoms with Gasteiger partial charge in [0.05, 0.1) is 0 Å². The Labute approximate surface area is 128 Å². The molecule has 0 bridgehead atoms. The molecule has 2 aliphatic rings. The molecule has 2 aromatic carbocycles. The van der Waals surface area contributed by atoms with E-state index in [9.17, 15) is 0 Å². The third-order valence-corrected chi connectivity index (χ3v) is 6.11. The highest BCUT2D eigenvalue weighted by atomic mass is 14.7. The second kappa shape index (κ2) is 3.61. The number of fused-ring (bicyclic) bond motifs is 5. The average Bonchev–Trinajstić information content (AvgIpc) is 2.70. The Morgan fingerprint density at radius 2 is 1.38 bits per heavy atom. The fraction of sp³-hybridized carbons (Fsp3) is 0.429. The van der Waals surface area contributed by atoms with Gasteiger partial charge in [0, 0.05) is 5.41 Å². The molecule has 0 atom stereocenters. The highest BCUT2D eigenvalue weighted by Crippen LogP contribution is 2.75. The molecule has 4 rings (SSSR count). The average molecular weight is 276 g/mol. The van der Waals surface area contributed by atoms with Gasteiger partial charge in [0.15, 0.2) is 0 Å². The molecular weight excluding hydrogens is 252 g/mol. The zero-order valence-corrected chi connectivity index (χ0v) is 13.7.